The molecule has 56 valence electrons. The Morgan fingerprint density at radius 1 is 1.33 bits per heavy atom. The van der Waals surface area contributed by atoms with Gasteiger partial charge in [-0.2, -0.15) is 12.6 Å². The highest BCUT2D eigenvalue weighted by Crippen LogP contribution is 2.05. The number of aliphatic hydroxyl groups is 2. The van der Waals surface area contributed by atoms with Crippen molar-refractivity contribution in [1.82, 2.24) is 0 Å². The first kappa shape index (κ1) is 9.62. The van der Waals surface area contributed by atoms with E-state index in [0.717, 1.165) is 0 Å². The van der Waals surface area contributed by atoms with Gasteiger partial charge in [0.05, 0.1) is 11.5 Å². The Balaban J connectivity index is 3.15. The second-order valence-corrected chi connectivity index (χ2v) is 2.93. The van der Waals surface area contributed by atoms with E-state index in [4.69, 9.17) is 10.2 Å². The van der Waals surface area contributed by atoms with Gasteiger partial charge in [0.2, 0.25) is 0 Å². The van der Waals surface area contributed by atoms with Crippen LogP contribution in [0.25, 0.3) is 0 Å². The van der Waals surface area contributed by atoms with Gasteiger partial charge >= 0.3 is 0 Å². The van der Waals surface area contributed by atoms with E-state index in [-0.39, 0.29) is 0 Å². The van der Waals surface area contributed by atoms with Crippen LogP contribution in [0.15, 0.2) is 0 Å². The topological polar surface area (TPSA) is 40.5 Å². The fourth-order valence-electron chi connectivity index (χ4n) is 0.510. The molecule has 2 atom stereocenters. The van der Waals surface area contributed by atoms with E-state index in [9.17, 15) is 0 Å². The molecule has 0 aliphatic carbocycles. The number of hydrogen-bond acceptors (Lipinski definition) is 4. The molecule has 0 aromatic carbocycles. The van der Waals surface area contributed by atoms with E-state index in [2.05, 4.69) is 25.3 Å². The molecule has 0 rings (SSSR count). The maximum Gasteiger partial charge on any atom is 0.0989 e. The van der Waals surface area contributed by atoms with Gasteiger partial charge in [-0.1, -0.05) is 0 Å². The molecule has 0 amide bonds. The standard InChI is InChI=1S/C5H12O2S2/c6-4(1-2-8)3-5(7)9/h4-9H,1-3H2. The number of hydrogen-bond donors (Lipinski definition) is 4. The second kappa shape index (κ2) is 5.41. The minimum atomic E-state index is -0.708. The smallest absolute Gasteiger partial charge is 0.0989 e. The van der Waals surface area contributed by atoms with Crippen LogP contribution >= 0.6 is 25.3 Å². The van der Waals surface area contributed by atoms with Gasteiger partial charge in [-0.15, -0.1) is 12.6 Å². The van der Waals surface area contributed by atoms with Crippen molar-refractivity contribution in [2.75, 3.05) is 5.75 Å². The van der Waals surface area contributed by atoms with Crippen molar-refractivity contribution in [2.24, 2.45) is 0 Å². The number of thiol groups is 2. The van der Waals surface area contributed by atoms with Gasteiger partial charge < -0.3 is 10.2 Å². The Labute approximate surface area is 66.1 Å². The highest BCUT2D eigenvalue weighted by atomic mass is 32.1. The molecule has 0 aromatic rings. The average molecular weight is 168 g/mol. The van der Waals surface area contributed by atoms with Gasteiger partial charge in [0, 0.05) is 6.42 Å². The summed E-state index contributed by atoms with van der Waals surface area (Å²) < 4.78 is 0. The predicted octanol–water partition coefficient (Wildman–Crippen LogP) is 0.305. The molecule has 0 saturated carbocycles. The molecule has 0 aliphatic rings. The van der Waals surface area contributed by atoms with Gasteiger partial charge in [0.1, 0.15) is 0 Å². The Bertz CT molecular complexity index is 68.0. The summed E-state index contributed by atoms with van der Waals surface area (Å²) >= 11 is 7.62. The zero-order valence-electron chi connectivity index (χ0n) is 5.06. The van der Waals surface area contributed by atoms with Gasteiger partial charge in [-0.25, -0.2) is 0 Å². The molecule has 2 N–H and O–H groups in total. The minimum Gasteiger partial charge on any atom is -0.393 e. The maximum absolute atomic E-state index is 8.96. The Morgan fingerprint density at radius 3 is 2.22 bits per heavy atom. The first-order valence-corrected chi connectivity index (χ1v) is 3.96. The molecule has 0 radical (unpaired) electrons. The van der Waals surface area contributed by atoms with Crippen LogP contribution in [0.1, 0.15) is 12.8 Å². The van der Waals surface area contributed by atoms with E-state index in [1.165, 1.54) is 0 Å². The molecule has 0 aliphatic heterocycles. The lowest BCUT2D eigenvalue weighted by Crippen LogP contribution is -2.13. The first-order chi connectivity index (χ1) is 4.16. The van der Waals surface area contributed by atoms with Crippen LogP contribution in [-0.4, -0.2) is 27.5 Å². The number of rotatable bonds is 4. The zero-order valence-corrected chi connectivity index (χ0v) is 6.85. The third-order valence-corrected chi connectivity index (χ3v) is 1.41. The molecule has 4 heteroatoms. The van der Waals surface area contributed by atoms with Gasteiger partial charge in [-0.3, -0.25) is 0 Å². The molecule has 0 heterocycles. The molecule has 0 saturated heterocycles. The van der Waals surface area contributed by atoms with Crippen molar-refractivity contribution in [2.45, 2.75) is 24.4 Å². The van der Waals surface area contributed by atoms with Crippen molar-refractivity contribution in [3.8, 4) is 0 Å². The lowest BCUT2D eigenvalue weighted by Gasteiger charge is -2.09. The van der Waals surface area contributed by atoms with Crippen LogP contribution in [0.3, 0.4) is 0 Å². The van der Waals surface area contributed by atoms with Crippen LogP contribution in [0.4, 0.5) is 0 Å². The van der Waals surface area contributed by atoms with Crippen LogP contribution in [-0.2, 0) is 0 Å². The molecule has 0 bridgehead atoms. The Morgan fingerprint density at radius 2 is 1.89 bits per heavy atom. The number of aliphatic hydroxyl groups excluding tert-OH is 2. The molecule has 0 fully saturated rings. The summed E-state index contributed by atoms with van der Waals surface area (Å²) in [6, 6.07) is 0. The van der Waals surface area contributed by atoms with Crippen molar-refractivity contribution < 1.29 is 10.2 Å². The van der Waals surface area contributed by atoms with Crippen LogP contribution in [0.2, 0.25) is 0 Å². The lowest BCUT2D eigenvalue weighted by molar-refractivity contribution is 0.119. The van der Waals surface area contributed by atoms with Crippen molar-refractivity contribution in [3.05, 3.63) is 0 Å². The summed E-state index contributed by atoms with van der Waals surface area (Å²) in [7, 11) is 0. The van der Waals surface area contributed by atoms with Gasteiger partial charge in [0.25, 0.3) is 0 Å². The molecule has 2 unspecified atom stereocenters. The summed E-state index contributed by atoms with van der Waals surface area (Å²) in [5.74, 6) is 0.641. The fourth-order valence-corrected chi connectivity index (χ4v) is 1.05. The van der Waals surface area contributed by atoms with E-state index in [1.54, 1.807) is 0 Å². The summed E-state index contributed by atoms with van der Waals surface area (Å²) in [4.78, 5) is 0. The van der Waals surface area contributed by atoms with E-state index in [0.29, 0.717) is 18.6 Å². The highest BCUT2D eigenvalue weighted by Gasteiger charge is 2.05. The predicted molar refractivity (Wildman–Crippen MR) is 44.1 cm³/mol. The summed E-state index contributed by atoms with van der Waals surface area (Å²) in [5, 5.41) is 17.6. The molecule has 2 nitrogen and oxygen atoms in total. The fraction of sp³-hybridized carbons (Fsp3) is 1.00. The average Bonchev–Trinajstić information content (AvgIpc) is 1.63. The first-order valence-electron chi connectivity index (χ1n) is 2.82. The largest absolute Gasteiger partial charge is 0.393 e. The monoisotopic (exact) mass is 168 g/mol. The molecule has 0 aromatic heterocycles. The molecular weight excluding hydrogens is 156 g/mol. The molecule has 9 heavy (non-hydrogen) atoms. The zero-order chi connectivity index (χ0) is 7.28. The van der Waals surface area contributed by atoms with Crippen LogP contribution < -0.4 is 0 Å². The summed E-state index contributed by atoms with van der Waals surface area (Å²) in [5.41, 5.74) is -0.708. The van der Waals surface area contributed by atoms with Crippen LogP contribution in [0.5, 0.6) is 0 Å². The molecular formula is C5H12O2S2. The van der Waals surface area contributed by atoms with Gasteiger partial charge in [0.15, 0.2) is 0 Å². The van der Waals surface area contributed by atoms with E-state index >= 15 is 0 Å². The molecule has 0 spiro atoms. The quantitative estimate of drug-likeness (QED) is 0.360. The third-order valence-electron chi connectivity index (χ3n) is 0.945. The lowest BCUT2D eigenvalue weighted by atomic mass is 10.2. The van der Waals surface area contributed by atoms with E-state index < -0.39 is 11.5 Å². The third kappa shape index (κ3) is 6.51. The normalized spacial score (nSPS) is 17.3. The second-order valence-electron chi connectivity index (χ2n) is 1.88. The SMILES string of the molecule is OC(S)CC(O)CCS. The maximum atomic E-state index is 8.96. The van der Waals surface area contributed by atoms with Crippen molar-refractivity contribution >= 4 is 25.3 Å². The van der Waals surface area contributed by atoms with Crippen molar-refractivity contribution in [3.63, 3.8) is 0 Å². The van der Waals surface area contributed by atoms with E-state index in [1.807, 2.05) is 0 Å². The summed E-state index contributed by atoms with van der Waals surface area (Å²) in [6.07, 6.45) is 0.472. The summed E-state index contributed by atoms with van der Waals surface area (Å²) in [6.45, 7) is 0. The Kier molecular flexibility index (Phi) is 5.78. The van der Waals surface area contributed by atoms with Gasteiger partial charge in [-0.05, 0) is 12.2 Å². The van der Waals surface area contributed by atoms with Crippen LogP contribution in [0, 0.1) is 0 Å². The minimum absolute atomic E-state index is 0.323. The Hall–Kier alpha value is 0.620. The highest BCUT2D eigenvalue weighted by molar-refractivity contribution is 7.80. The van der Waals surface area contributed by atoms with Crippen molar-refractivity contribution in [1.29, 1.82) is 0 Å².